The second-order valence-electron chi connectivity index (χ2n) is 1.42. The summed E-state index contributed by atoms with van der Waals surface area (Å²) >= 11 is 0. The van der Waals surface area contributed by atoms with Gasteiger partial charge in [0.25, 0.3) is 5.78 Å². The third kappa shape index (κ3) is 1.90. The van der Waals surface area contributed by atoms with E-state index in [0.29, 0.717) is 0 Å². The lowest BCUT2D eigenvalue weighted by Gasteiger charge is -2.00. The molecule has 2 nitrogen and oxygen atoms in total. The number of hydrogen-bond donors (Lipinski definition) is 0. The third-order valence-electron chi connectivity index (χ3n) is 0.667. The van der Waals surface area contributed by atoms with Crippen LogP contribution >= 0.6 is 0 Å². The molecule has 0 aliphatic rings. The van der Waals surface area contributed by atoms with Crippen molar-refractivity contribution < 1.29 is 18.0 Å². The SMILES string of the molecule is C=C(C#N)C(=O)C(F)(F)F. The number of halogens is 3. The molecule has 0 radical (unpaired) electrons. The lowest BCUT2D eigenvalue weighted by Crippen LogP contribution is -2.23. The Morgan fingerprint density at radius 1 is 1.50 bits per heavy atom. The maximum absolute atomic E-state index is 11.3. The highest BCUT2D eigenvalue weighted by Gasteiger charge is 2.39. The van der Waals surface area contributed by atoms with Gasteiger partial charge in [-0.05, 0) is 0 Å². The number of nitrogens with zero attached hydrogens (tertiary/aromatic N) is 1. The first-order chi connectivity index (χ1) is 4.39. The van der Waals surface area contributed by atoms with Crippen LogP contribution in [0.15, 0.2) is 12.2 Å². The molecular weight excluding hydrogens is 147 g/mol. The Labute approximate surface area is 54.6 Å². The Balaban J connectivity index is 4.43. The van der Waals surface area contributed by atoms with Crippen LogP contribution in [0.2, 0.25) is 0 Å². The molecule has 0 aliphatic carbocycles. The van der Waals surface area contributed by atoms with Crippen molar-refractivity contribution in [3.05, 3.63) is 12.2 Å². The summed E-state index contributed by atoms with van der Waals surface area (Å²) in [5.74, 6) is -2.19. The summed E-state index contributed by atoms with van der Waals surface area (Å²) in [5.41, 5.74) is -1.09. The molecule has 0 aliphatic heterocycles. The van der Waals surface area contributed by atoms with Crippen LogP contribution in [-0.2, 0) is 4.79 Å². The number of allylic oxidation sites excluding steroid dienone is 1. The first kappa shape index (κ1) is 8.69. The minimum absolute atomic E-state index is 1.01. The lowest BCUT2D eigenvalue weighted by molar-refractivity contribution is -0.166. The van der Waals surface area contributed by atoms with Gasteiger partial charge < -0.3 is 0 Å². The van der Waals surface area contributed by atoms with Crippen LogP contribution in [0.4, 0.5) is 13.2 Å². The molecule has 5 heteroatoms. The molecule has 54 valence electrons. The molecule has 0 spiro atoms. The second kappa shape index (κ2) is 2.52. The maximum Gasteiger partial charge on any atom is 0.455 e. The Morgan fingerprint density at radius 3 is 2.00 bits per heavy atom. The largest absolute Gasteiger partial charge is 0.455 e. The number of nitriles is 1. The molecule has 0 saturated heterocycles. The van der Waals surface area contributed by atoms with Crippen molar-refractivity contribution in [2.24, 2.45) is 0 Å². The van der Waals surface area contributed by atoms with Gasteiger partial charge in [0.1, 0.15) is 6.07 Å². The lowest BCUT2D eigenvalue weighted by atomic mass is 10.2. The number of ketones is 1. The van der Waals surface area contributed by atoms with Gasteiger partial charge in [-0.3, -0.25) is 4.79 Å². The second-order valence-corrected chi connectivity index (χ2v) is 1.42. The van der Waals surface area contributed by atoms with Crippen molar-refractivity contribution >= 4 is 5.78 Å². The van der Waals surface area contributed by atoms with Crippen LogP contribution in [0.5, 0.6) is 0 Å². The minimum Gasteiger partial charge on any atom is -0.283 e. The summed E-state index contributed by atoms with van der Waals surface area (Å²) in [6.07, 6.45) is -4.98. The first-order valence-corrected chi connectivity index (χ1v) is 2.10. The average molecular weight is 149 g/mol. The molecule has 0 aromatic carbocycles. The summed E-state index contributed by atoms with van der Waals surface area (Å²) in [6.45, 7) is 2.61. The van der Waals surface area contributed by atoms with Gasteiger partial charge in [-0.25, -0.2) is 0 Å². The van der Waals surface area contributed by atoms with Gasteiger partial charge in [0.05, 0.1) is 5.57 Å². The zero-order valence-corrected chi connectivity index (χ0v) is 4.70. The van der Waals surface area contributed by atoms with E-state index in [9.17, 15) is 18.0 Å². The molecule has 0 aromatic heterocycles. The average Bonchev–Trinajstić information content (AvgIpc) is 1.83. The molecule has 0 N–H and O–H groups in total. The van der Waals surface area contributed by atoms with Gasteiger partial charge in [0, 0.05) is 0 Å². The number of rotatable bonds is 1. The molecule has 0 unspecified atom stereocenters. The maximum atomic E-state index is 11.3. The van der Waals surface area contributed by atoms with E-state index in [0.717, 1.165) is 6.07 Å². The van der Waals surface area contributed by atoms with Crippen LogP contribution < -0.4 is 0 Å². The Morgan fingerprint density at radius 2 is 1.90 bits per heavy atom. The fourth-order valence-electron chi connectivity index (χ4n) is 0.222. The van der Waals surface area contributed by atoms with Crippen LogP contribution in [0.25, 0.3) is 0 Å². The highest BCUT2D eigenvalue weighted by atomic mass is 19.4. The van der Waals surface area contributed by atoms with E-state index in [-0.39, 0.29) is 0 Å². The Bertz CT molecular complexity index is 210. The van der Waals surface area contributed by atoms with Crippen molar-refractivity contribution in [2.45, 2.75) is 6.18 Å². The summed E-state index contributed by atoms with van der Waals surface area (Å²) < 4.78 is 34.0. The molecule has 0 rings (SSSR count). The fraction of sp³-hybridized carbons (Fsp3) is 0.200. The summed E-state index contributed by atoms with van der Waals surface area (Å²) in [7, 11) is 0. The predicted molar refractivity (Wildman–Crippen MR) is 25.8 cm³/mol. The van der Waals surface area contributed by atoms with Crippen LogP contribution in [0.1, 0.15) is 0 Å². The van der Waals surface area contributed by atoms with E-state index < -0.39 is 17.5 Å². The number of carbonyl (C=O) groups excluding carboxylic acids is 1. The van der Waals surface area contributed by atoms with Crippen molar-refractivity contribution in [3.63, 3.8) is 0 Å². The Kier molecular flexibility index (Phi) is 2.19. The normalized spacial score (nSPS) is 10.2. The quantitative estimate of drug-likeness (QED) is 0.415. The summed E-state index contributed by atoms with van der Waals surface area (Å²) in [4.78, 5) is 9.95. The van der Waals surface area contributed by atoms with Gasteiger partial charge in [0.2, 0.25) is 0 Å². The zero-order valence-electron chi connectivity index (χ0n) is 4.70. The minimum atomic E-state index is -4.98. The molecule has 0 amide bonds. The molecule has 0 atom stereocenters. The van der Waals surface area contributed by atoms with Crippen LogP contribution in [-0.4, -0.2) is 12.0 Å². The van der Waals surface area contributed by atoms with E-state index >= 15 is 0 Å². The van der Waals surface area contributed by atoms with Crippen molar-refractivity contribution in [1.82, 2.24) is 0 Å². The van der Waals surface area contributed by atoms with Gasteiger partial charge in [-0.1, -0.05) is 6.58 Å². The smallest absolute Gasteiger partial charge is 0.283 e. The van der Waals surface area contributed by atoms with Crippen molar-refractivity contribution in [3.8, 4) is 6.07 Å². The number of carbonyl (C=O) groups is 1. The third-order valence-corrected chi connectivity index (χ3v) is 0.667. The van der Waals surface area contributed by atoms with E-state index in [1.165, 1.54) is 0 Å². The van der Waals surface area contributed by atoms with Crippen molar-refractivity contribution in [2.75, 3.05) is 0 Å². The van der Waals surface area contributed by atoms with Crippen LogP contribution in [0, 0.1) is 11.3 Å². The number of hydrogen-bond acceptors (Lipinski definition) is 2. The van der Waals surface area contributed by atoms with Crippen LogP contribution in [0.3, 0.4) is 0 Å². The van der Waals surface area contributed by atoms with E-state index in [2.05, 4.69) is 6.58 Å². The Hall–Kier alpha value is -1.31. The summed E-state index contributed by atoms with van der Waals surface area (Å²) in [6, 6.07) is 1.01. The molecule has 0 heterocycles. The van der Waals surface area contributed by atoms with E-state index in [1.54, 1.807) is 0 Å². The number of Topliss-reactive ketones (excluding diaryl/α,β-unsaturated/α-hetero) is 1. The zero-order chi connectivity index (χ0) is 8.36. The number of alkyl halides is 3. The highest BCUT2D eigenvalue weighted by Crippen LogP contribution is 2.19. The molecule has 0 fully saturated rings. The standard InChI is InChI=1S/C5H2F3NO/c1-3(2-9)4(10)5(6,7)8/h1H2. The fourth-order valence-corrected chi connectivity index (χ4v) is 0.222. The molecule has 0 aromatic rings. The van der Waals surface area contributed by atoms with E-state index in [1.807, 2.05) is 0 Å². The van der Waals surface area contributed by atoms with Gasteiger partial charge >= 0.3 is 6.18 Å². The molecule has 10 heavy (non-hydrogen) atoms. The molecule has 0 saturated carbocycles. The van der Waals surface area contributed by atoms with Gasteiger partial charge in [-0.15, -0.1) is 0 Å². The van der Waals surface area contributed by atoms with Crippen molar-refractivity contribution in [1.29, 1.82) is 5.26 Å². The topological polar surface area (TPSA) is 40.9 Å². The van der Waals surface area contributed by atoms with E-state index in [4.69, 9.17) is 5.26 Å². The molecular formula is C5H2F3NO. The monoisotopic (exact) mass is 149 g/mol. The predicted octanol–water partition coefficient (Wildman–Crippen LogP) is 1.20. The van der Waals surface area contributed by atoms with Gasteiger partial charge in [-0.2, -0.15) is 18.4 Å². The first-order valence-electron chi connectivity index (χ1n) is 2.10. The molecule has 0 bridgehead atoms. The summed E-state index contributed by atoms with van der Waals surface area (Å²) in [5, 5.41) is 7.80. The van der Waals surface area contributed by atoms with Gasteiger partial charge in [0.15, 0.2) is 0 Å². The highest BCUT2D eigenvalue weighted by molar-refractivity contribution is 6.02.